The lowest BCUT2D eigenvalue weighted by Gasteiger charge is -2.48. The maximum absolute atomic E-state index is 12.4. The van der Waals surface area contributed by atoms with Crippen LogP contribution < -0.4 is 0 Å². The molecular formula is C21H34N4O. The van der Waals surface area contributed by atoms with Gasteiger partial charge in [-0.3, -0.25) is 14.8 Å². The van der Waals surface area contributed by atoms with Crippen LogP contribution in [0.2, 0.25) is 0 Å². The summed E-state index contributed by atoms with van der Waals surface area (Å²) in [6.07, 6.45) is 6.97. The lowest BCUT2D eigenvalue weighted by molar-refractivity contribution is -0.139. The SMILES string of the molecule is CC(C)(C)c1cc(CN2CCC[C@@]3(CCC(=O)N(CC4CC4)C3)C2)[nH]n1. The second kappa shape index (κ2) is 6.66. The minimum absolute atomic E-state index is 0.0882. The van der Waals surface area contributed by atoms with Crippen LogP contribution in [-0.4, -0.2) is 52.1 Å². The van der Waals surface area contributed by atoms with Crippen molar-refractivity contribution in [2.75, 3.05) is 26.2 Å². The highest BCUT2D eigenvalue weighted by atomic mass is 16.2. The maximum Gasteiger partial charge on any atom is 0.222 e. The topological polar surface area (TPSA) is 52.2 Å². The summed E-state index contributed by atoms with van der Waals surface area (Å²) in [5, 5.41) is 7.76. The monoisotopic (exact) mass is 358 g/mol. The summed E-state index contributed by atoms with van der Waals surface area (Å²) in [4.78, 5) is 17.1. The predicted octanol–water partition coefficient (Wildman–Crippen LogP) is 3.32. The molecule has 0 bridgehead atoms. The van der Waals surface area contributed by atoms with Crippen molar-refractivity contribution in [1.29, 1.82) is 0 Å². The number of amides is 1. The van der Waals surface area contributed by atoms with Crippen LogP contribution in [0.25, 0.3) is 0 Å². The molecule has 3 fully saturated rings. The Hall–Kier alpha value is -1.36. The van der Waals surface area contributed by atoms with Crippen LogP contribution in [0.15, 0.2) is 6.07 Å². The molecule has 0 radical (unpaired) electrons. The Morgan fingerprint density at radius 2 is 2.08 bits per heavy atom. The maximum atomic E-state index is 12.4. The van der Waals surface area contributed by atoms with Gasteiger partial charge in [0.1, 0.15) is 0 Å². The van der Waals surface area contributed by atoms with E-state index in [1.807, 2.05) is 0 Å². The van der Waals surface area contributed by atoms with Gasteiger partial charge in [0.2, 0.25) is 5.91 Å². The smallest absolute Gasteiger partial charge is 0.222 e. The van der Waals surface area contributed by atoms with Gasteiger partial charge in [0.25, 0.3) is 0 Å². The summed E-state index contributed by atoms with van der Waals surface area (Å²) in [5.41, 5.74) is 2.76. The number of carbonyl (C=O) groups excluding carboxylic acids is 1. The van der Waals surface area contributed by atoms with Gasteiger partial charge in [-0.25, -0.2) is 0 Å². The van der Waals surface area contributed by atoms with Crippen molar-refractivity contribution in [2.45, 2.75) is 71.3 Å². The van der Waals surface area contributed by atoms with Crippen LogP contribution in [0.5, 0.6) is 0 Å². The quantitative estimate of drug-likeness (QED) is 0.898. The van der Waals surface area contributed by atoms with Crippen molar-refractivity contribution in [3.05, 3.63) is 17.5 Å². The van der Waals surface area contributed by atoms with E-state index in [9.17, 15) is 4.79 Å². The number of rotatable bonds is 4. The van der Waals surface area contributed by atoms with E-state index < -0.39 is 0 Å². The first-order chi connectivity index (χ1) is 12.3. The van der Waals surface area contributed by atoms with Gasteiger partial charge >= 0.3 is 0 Å². The second-order valence-corrected chi connectivity index (χ2v) is 10.1. The van der Waals surface area contributed by atoms with E-state index in [-0.39, 0.29) is 5.41 Å². The molecule has 1 N–H and O–H groups in total. The minimum atomic E-state index is 0.0882. The summed E-state index contributed by atoms with van der Waals surface area (Å²) in [6.45, 7) is 11.8. The van der Waals surface area contributed by atoms with Crippen LogP contribution >= 0.6 is 0 Å². The van der Waals surface area contributed by atoms with Gasteiger partial charge in [0.05, 0.1) is 5.69 Å². The number of nitrogens with zero attached hydrogens (tertiary/aromatic N) is 3. The highest BCUT2D eigenvalue weighted by molar-refractivity contribution is 5.77. The molecule has 1 amide bonds. The van der Waals surface area contributed by atoms with Gasteiger partial charge in [-0.05, 0) is 50.6 Å². The van der Waals surface area contributed by atoms with E-state index >= 15 is 0 Å². The van der Waals surface area contributed by atoms with E-state index in [4.69, 9.17) is 0 Å². The minimum Gasteiger partial charge on any atom is -0.342 e. The number of aromatic amines is 1. The molecule has 0 unspecified atom stereocenters. The molecule has 1 saturated carbocycles. The van der Waals surface area contributed by atoms with E-state index in [0.29, 0.717) is 11.3 Å². The Bertz CT molecular complexity index is 657. The Balaban J connectivity index is 1.40. The van der Waals surface area contributed by atoms with Crippen molar-refractivity contribution in [3.63, 3.8) is 0 Å². The molecule has 1 spiro atoms. The average Bonchev–Trinajstić information content (AvgIpc) is 3.25. The number of hydrogen-bond donors (Lipinski definition) is 1. The number of hydrogen-bond acceptors (Lipinski definition) is 3. The average molecular weight is 359 g/mol. The zero-order chi connectivity index (χ0) is 18.4. The van der Waals surface area contributed by atoms with Crippen molar-refractivity contribution in [3.8, 4) is 0 Å². The first kappa shape index (κ1) is 18.0. The first-order valence-electron chi connectivity index (χ1n) is 10.4. The van der Waals surface area contributed by atoms with Crippen molar-refractivity contribution in [1.82, 2.24) is 20.0 Å². The molecule has 1 aromatic heterocycles. The third-order valence-corrected chi connectivity index (χ3v) is 6.46. The van der Waals surface area contributed by atoms with Gasteiger partial charge in [-0.2, -0.15) is 5.10 Å². The number of piperidine rings is 2. The van der Waals surface area contributed by atoms with E-state index in [0.717, 1.165) is 57.2 Å². The zero-order valence-electron chi connectivity index (χ0n) is 16.7. The third kappa shape index (κ3) is 3.98. The molecule has 0 aromatic carbocycles. The van der Waals surface area contributed by atoms with Gasteiger partial charge in [-0.1, -0.05) is 20.8 Å². The van der Waals surface area contributed by atoms with Crippen LogP contribution in [0, 0.1) is 11.3 Å². The number of H-pyrrole nitrogens is 1. The second-order valence-electron chi connectivity index (χ2n) is 10.1. The van der Waals surface area contributed by atoms with Gasteiger partial charge in [0, 0.05) is 49.1 Å². The van der Waals surface area contributed by atoms with Crippen LogP contribution in [0.4, 0.5) is 0 Å². The Morgan fingerprint density at radius 3 is 2.77 bits per heavy atom. The molecule has 144 valence electrons. The molecule has 5 nitrogen and oxygen atoms in total. The summed E-state index contributed by atoms with van der Waals surface area (Å²) in [6, 6.07) is 2.23. The number of carbonyl (C=O) groups is 1. The van der Waals surface area contributed by atoms with E-state index in [1.54, 1.807) is 0 Å². The van der Waals surface area contributed by atoms with Crippen LogP contribution in [0.3, 0.4) is 0 Å². The highest BCUT2D eigenvalue weighted by Crippen LogP contribution is 2.41. The third-order valence-electron chi connectivity index (χ3n) is 6.46. The molecule has 3 aliphatic rings. The van der Waals surface area contributed by atoms with E-state index in [1.165, 1.54) is 31.4 Å². The summed E-state index contributed by atoms with van der Waals surface area (Å²) < 4.78 is 0. The molecule has 2 saturated heterocycles. The van der Waals surface area contributed by atoms with Crippen LogP contribution in [-0.2, 0) is 16.8 Å². The lowest BCUT2D eigenvalue weighted by atomic mass is 9.73. The Kier molecular flexibility index (Phi) is 4.62. The summed E-state index contributed by atoms with van der Waals surface area (Å²) in [7, 11) is 0. The lowest BCUT2D eigenvalue weighted by Crippen LogP contribution is -2.54. The molecule has 1 atom stereocenters. The fourth-order valence-corrected chi connectivity index (χ4v) is 4.73. The number of likely N-dealkylation sites (tertiary alicyclic amines) is 2. The zero-order valence-corrected chi connectivity index (χ0v) is 16.7. The molecule has 3 heterocycles. The van der Waals surface area contributed by atoms with E-state index in [2.05, 4.69) is 46.8 Å². The Labute approximate surface area is 157 Å². The van der Waals surface area contributed by atoms with Crippen molar-refractivity contribution >= 4 is 5.91 Å². The number of nitrogens with one attached hydrogen (secondary N) is 1. The van der Waals surface area contributed by atoms with Gasteiger partial charge < -0.3 is 4.90 Å². The first-order valence-corrected chi connectivity index (χ1v) is 10.4. The molecule has 2 aliphatic heterocycles. The van der Waals surface area contributed by atoms with Crippen molar-refractivity contribution < 1.29 is 4.79 Å². The summed E-state index contributed by atoms with van der Waals surface area (Å²) >= 11 is 0. The normalized spacial score (nSPS) is 28.1. The van der Waals surface area contributed by atoms with Gasteiger partial charge in [-0.15, -0.1) is 0 Å². The highest BCUT2D eigenvalue weighted by Gasteiger charge is 2.42. The standard InChI is InChI=1S/C21H34N4O/c1-20(2,3)18-11-17(22-23-18)13-24-10-4-8-21(14-24)9-7-19(26)25(15-21)12-16-5-6-16/h11,16H,4-10,12-15H2,1-3H3,(H,22,23)/t21-/m1/s1. The van der Waals surface area contributed by atoms with Gasteiger partial charge in [0.15, 0.2) is 0 Å². The summed E-state index contributed by atoms with van der Waals surface area (Å²) in [5.74, 6) is 1.18. The van der Waals surface area contributed by atoms with Crippen LogP contribution in [0.1, 0.15) is 70.7 Å². The molecule has 4 rings (SSSR count). The predicted molar refractivity (Wildman–Crippen MR) is 103 cm³/mol. The van der Waals surface area contributed by atoms with Crippen molar-refractivity contribution in [2.24, 2.45) is 11.3 Å². The fraction of sp³-hybridized carbons (Fsp3) is 0.810. The Morgan fingerprint density at radius 1 is 1.27 bits per heavy atom. The molecular weight excluding hydrogens is 324 g/mol. The molecule has 1 aliphatic carbocycles. The molecule has 1 aromatic rings. The molecule has 5 heteroatoms. The molecule has 26 heavy (non-hydrogen) atoms. The fourth-order valence-electron chi connectivity index (χ4n) is 4.73. The number of aromatic nitrogens is 2. The largest absolute Gasteiger partial charge is 0.342 e.